The van der Waals surface area contributed by atoms with Crippen LogP contribution in [0, 0.1) is 0 Å². The average molecular weight is 397 g/mol. The number of alkyl halides is 3. The van der Waals surface area contributed by atoms with Crippen molar-refractivity contribution in [3.05, 3.63) is 22.2 Å². The van der Waals surface area contributed by atoms with Gasteiger partial charge < -0.3 is 5.73 Å². The summed E-state index contributed by atoms with van der Waals surface area (Å²) in [6, 6.07) is 0.999. The summed E-state index contributed by atoms with van der Waals surface area (Å²) >= 11 is 2.78. The smallest absolute Gasteiger partial charge is 0.398 e. The van der Waals surface area contributed by atoms with E-state index in [1.165, 1.54) is 0 Å². The molecular formula is C8H8BrF3N2O4S2. The second-order valence-corrected chi connectivity index (χ2v) is 8.56. The number of nitrogen functional groups attached to an aromatic ring is 1. The van der Waals surface area contributed by atoms with E-state index in [2.05, 4.69) is 21.1 Å². The first-order chi connectivity index (χ1) is 8.74. The second kappa shape index (κ2) is 5.16. The van der Waals surface area contributed by atoms with Gasteiger partial charge in [0.05, 0.1) is 10.5 Å². The predicted octanol–water partition coefficient (Wildman–Crippen LogP) is 1.07. The Morgan fingerprint density at radius 2 is 1.65 bits per heavy atom. The zero-order chi connectivity index (χ0) is 15.9. The van der Waals surface area contributed by atoms with E-state index < -0.39 is 41.6 Å². The van der Waals surface area contributed by atoms with E-state index in [0.29, 0.717) is 12.1 Å². The number of rotatable bonds is 3. The zero-order valence-electron chi connectivity index (χ0n) is 9.48. The van der Waals surface area contributed by atoms with Crippen LogP contribution in [0.25, 0.3) is 0 Å². The van der Waals surface area contributed by atoms with Crippen molar-refractivity contribution in [2.45, 2.75) is 11.1 Å². The van der Waals surface area contributed by atoms with Gasteiger partial charge >= 0.3 is 6.18 Å². The molecule has 0 unspecified atom stereocenters. The lowest BCUT2D eigenvalue weighted by atomic mass is 10.2. The quantitative estimate of drug-likeness (QED) is 0.740. The molecule has 0 saturated heterocycles. The molecule has 6 nitrogen and oxygen atoms in total. The van der Waals surface area contributed by atoms with Crippen LogP contribution in [-0.2, 0) is 26.0 Å². The molecule has 4 N–H and O–H groups in total. The molecule has 0 aliphatic heterocycles. The van der Waals surface area contributed by atoms with Crippen LogP contribution in [0.1, 0.15) is 5.56 Å². The van der Waals surface area contributed by atoms with Gasteiger partial charge in [-0.2, -0.15) is 13.2 Å². The molecule has 0 atom stereocenters. The Labute approximate surface area is 121 Å². The summed E-state index contributed by atoms with van der Waals surface area (Å²) in [6.07, 6.45) is -5.02. The maximum absolute atomic E-state index is 12.8. The number of sulfone groups is 1. The van der Waals surface area contributed by atoms with Crippen molar-refractivity contribution in [2.24, 2.45) is 5.14 Å². The SMILES string of the molecule is Nc1cc(C(F)(F)F)c(S(=O)(=O)CS(N)(=O)=O)cc1Br. The van der Waals surface area contributed by atoms with Gasteiger partial charge in [-0.3, -0.25) is 0 Å². The summed E-state index contributed by atoms with van der Waals surface area (Å²) < 4.78 is 83.5. The third-order valence-electron chi connectivity index (χ3n) is 2.06. The van der Waals surface area contributed by atoms with Crippen LogP contribution < -0.4 is 10.9 Å². The third kappa shape index (κ3) is 4.07. The summed E-state index contributed by atoms with van der Waals surface area (Å²) in [5.41, 5.74) is 3.38. The lowest BCUT2D eigenvalue weighted by Gasteiger charge is -2.14. The fraction of sp³-hybridized carbons (Fsp3) is 0.250. The Kier molecular flexibility index (Phi) is 4.44. The highest BCUT2D eigenvalue weighted by Gasteiger charge is 2.38. The molecule has 20 heavy (non-hydrogen) atoms. The minimum Gasteiger partial charge on any atom is -0.398 e. The first kappa shape index (κ1) is 17.2. The number of anilines is 1. The topological polar surface area (TPSA) is 120 Å². The van der Waals surface area contributed by atoms with Crippen LogP contribution >= 0.6 is 15.9 Å². The summed E-state index contributed by atoms with van der Waals surface area (Å²) in [7, 11) is -9.31. The Morgan fingerprint density at radius 3 is 2.05 bits per heavy atom. The van der Waals surface area contributed by atoms with Crippen molar-refractivity contribution in [1.82, 2.24) is 0 Å². The van der Waals surface area contributed by atoms with Crippen LogP contribution in [0.5, 0.6) is 0 Å². The van der Waals surface area contributed by atoms with E-state index in [1.54, 1.807) is 0 Å². The molecule has 0 spiro atoms. The average Bonchev–Trinajstić information content (AvgIpc) is 2.15. The van der Waals surface area contributed by atoms with Gasteiger partial charge in [0.2, 0.25) is 10.0 Å². The van der Waals surface area contributed by atoms with E-state index in [0.717, 1.165) is 0 Å². The maximum atomic E-state index is 12.8. The number of sulfonamides is 1. The first-order valence-electron chi connectivity index (χ1n) is 4.63. The monoisotopic (exact) mass is 396 g/mol. The lowest BCUT2D eigenvalue weighted by Crippen LogP contribution is -2.25. The molecule has 1 aromatic carbocycles. The Bertz CT molecular complexity index is 744. The number of primary sulfonamides is 1. The number of hydrogen-bond acceptors (Lipinski definition) is 5. The maximum Gasteiger partial charge on any atom is 0.417 e. The molecular weight excluding hydrogens is 389 g/mol. The largest absolute Gasteiger partial charge is 0.417 e. The molecule has 114 valence electrons. The van der Waals surface area contributed by atoms with Crippen LogP contribution in [0.15, 0.2) is 21.5 Å². The van der Waals surface area contributed by atoms with E-state index in [-0.39, 0.29) is 10.2 Å². The Balaban J connectivity index is 3.64. The van der Waals surface area contributed by atoms with Crippen molar-refractivity contribution < 1.29 is 30.0 Å². The molecule has 0 fully saturated rings. The molecule has 0 aliphatic carbocycles. The van der Waals surface area contributed by atoms with E-state index in [9.17, 15) is 30.0 Å². The Morgan fingerprint density at radius 1 is 1.15 bits per heavy atom. The molecule has 0 heterocycles. The van der Waals surface area contributed by atoms with Crippen molar-refractivity contribution in [3.63, 3.8) is 0 Å². The van der Waals surface area contributed by atoms with Crippen molar-refractivity contribution in [3.8, 4) is 0 Å². The summed E-state index contributed by atoms with van der Waals surface area (Å²) in [4.78, 5) is -1.21. The molecule has 0 aliphatic rings. The Hall–Kier alpha value is -0.850. The predicted molar refractivity (Wildman–Crippen MR) is 68.7 cm³/mol. The van der Waals surface area contributed by atoms with Crippen molar-refractivity contribution >= 4 is 41.5 Å². The zero-order valence-corrected chi connectivity index (χ0v) is 12.7. The molecule has 1 rings (SSSR count). The van der Waals surface area contributed by atoms with Crippen LogP contribution in [0.2, 0.25) is 0 Å². The summed E-state index contributed by atoms with van der Waals surface area (Å²) in [5, 5.41) is 2.92. The van der Waals surface area contributed by atoms with Gasteiger partial charge in [-0.15, -0.1) is 0 Å². The number of benzene rings is 1. The lowest BCUT2D eigenvalue weighted by molar-refractivity contribution is -0.139. The van der Waals surface area contributed by atoms with Gasteiger partial charge in [0.1, 0.15) is 0 Å². The van der Waals surface area contributed by atoms with E-state index in [4.69, 9.17) is 5.73 Å². The number of hydrogen-bond donors (Lipinski definition) is 2. The summed E-state index contributed by atoms with van der Waals surface area (Å²) in [6.45, 7) is 0. The van der Waals surface area contributed by atoms with Crippen LogP contribution in [0.3, 0.4) is 0 Å². The molecule has 0 radical (unpaired) electrons. The molecule has 0 saturated carbocycles. The summed E-state index contributed by atoms with van der Waals surface area (Å²) in [5.74, 6) is 0. The fourth-order valence-corrected chi connectivity index (χ4v) is 4.87. The van der Waals surface area contributed by atoms with Gasteiger partial charge in [-0.1, -0.05) is 0 Å². The minimum absolute atomic E-state index is 0.113. The van der Waals surface area contributed by atoms with Crippen molar-refractivity contribution in [2.75, 3.05) is 10.8 Å². The standard InChI is InChI=1S/C8H8BrF3N2O4S2/c9-5-2-7(19(15,16)3-20(14,17)18)4(1-6(5)13)8(10,11)12/h1-2H,3,13H2,(H2,14,17,18). The molecule has 1 aromatic rings. The minimum atomic E-state index is -5.02. The highest BCUT2D eigenvalue weighted by molar-refractivity contribution is 9.10. The van der Waals surface area contributed by atoms with Crippen molar-refractivity contribution in [1.29, 1.82) is 0 Å². The van der Waals surface area contributed by atoms with Gasteiger partial charge in [0, 0.05) is 10.2 Å². The molecule has 0 amide bonds. The number of halogens is 4. The van der Waals surface area contributed by atoms with Gasteiger partial charge in [0.15, 0.2) is 14.9 Å². The number of nitrogens with two attached hydrogens (primary N) is 2. The van der Waals surface area contributed by atoms with Crippen LogP contribution in [0.4, 0.5) is 18.9 Å². The highest BCUT2D eigenvalue weighted by Crippen LogP contribution is 2.38. The third-order valence-corrected chi connectivity index (χ3v) is 6.31. The molecule has 0 bridgehead atoms. The first-order valence-corrected chi connectivity index (χ1v) is 8.79. The normalized spacial score (nSPS) is 13.4. The van der Waals surface area contributed by atoms with E-state index >= 15 is 0 Å². The highest BCUT2D eigenvalue weighted by atomic mass is 79.9. The van der Waals surface area contributed by atoms with Crippen LogP contribution in [-0.4, -0.2) is 21.9 Å². The van der Waals surface area contributed by atoms with Gasteiger partial charge in [0.25, 0.3) is 0 Å². The molecule has 0 aromatic heterocycles. The van der Waals surface area contributed by atoms with E-state index in [1.807, 2.05) is 0 Å². The fourth-order valence-electron chi connectivity index (χ4n) is 1.33. The molecule has 12 heteroatoms. The van der Waals surface area contributed by atoms with Gasteiger partial charge in [-0.05, 0) is 28.1 Å². The second-order valence-electron chi connectivity index (χ2n) is 3.76. The van der Waals surface area contributed by atoms with Gasteiger partial charge in [-0.25, -0.2) is 22.0 Å².